The number of carbonyl (C=O) groups is 3. The molecule has 0 aliphatic carbocycles. The van der Waals surface area contributed by atoms with E-state index in [4.69, 9.17) is 27.9 Å². The van der Waals surface area contributed by atoms with Crippen LogP contribution >= 0.6 is 46.7 Å². The first-order valence-electron chi connectivity index (χ1n) is 10.2. The highest BCUT2D eigenvalue weighted by Crippen LogP contribution is 2.35. The van der Waals surface area contributed by atoms with Crippen LogP contribution in [0.4, 0.5) is 0 Å². The summed E-state index contributed by atoms with van der Waals surface area (Å²) in [5, 5.41) is 3.70. The van der Waals surface area contributed by atoms with Gasteiger partial charge in [0.05, 0.1) is 17.2 Å². The standard InChI is InChI=1S/C22H28Cl2N2O4S2/c1-30-22(29)16(10-13-31-2)25-21(28)15-8-11-26(12-9-15)18(27)7-5-14-4-6-17(32-3)20(24)19(14)23/h4-7,15-16H,8-13H2,1-3H3,(H,25,28)/b7-5+/t16-/m0/s1. The molecule has 6 nitrogen and oxygen atoms in total. The van der Waals surface area contributed by atoms with E-state index in [-0.39, 0.29) is 17.7 Å². The van der Waals surface area contributed by atoms with E-state index in [9.17, 15) is 14.4 Å². The second-order valence-corrected chi connectivity index (χ2v) is 9.87. The van der Waals surface area contributed by atoms with E-state index in [0.29, 0.717) is 48.0 Å². The molecule has 1 atom stereocenters. The van der Waals surface area contributed by atoms with E-state index in [1.54, 1.807) is 22.7 Å². The molecule has 0 saturated carbocycles. The van der Waals surface area contributed by atoms with Gasteiger partial charge in [0.1, 0.15) is 6.04 Å². The lowest BCUT2D eigenvalue weighted by atomic mass is 9.95. The smallest absolute Gasteiger partial charge is 0.328 e. The molecule has 0 spiro atoms. The number of amides is 2. The average molecular weight is 520 g/mol. The average Bonchev–Trinajstić information content (AvgIpc) is 2.81. The molecule has 176 valence electrons. The Balaban J connectivity index is 1.91. The van der Waals surface area contributed by atoms with Crippen molar-refractivity contribution < 1.29 is 19.1 Å². The minimum absolute atomic E-state index is 0.141. The summed E-state index contributed by atoms with van der Waals surface area (Å²) in [6.07, 6.45) is 8.60. The molecule has 1 aromatic rings. The van der Waals surface area contributed by atoms with Gasteiger partial charge in [-0.1, -0.05) is 29.3 Å². The van der Waals surface area contributed by atoms with Crippen LogP contribution < -0.4 is 5.32 Å². The Bertz CT molecular complexity index is 859. The van der Waals surface area contributed by atoms with E-state index in [2.05, 4.69) is 5.32 Å². The molecule has 1 heterocycles. The predicted octanol–water partition coefficient (Wildman–Crippen LogP) is 4.38. The number of methoxy groups -OCH3 is 1. The van der Waals surface area contributed by atoms with Gasteiger partial charge in [0.25, 0.3) is 0 Å². The first-order valence-corrected chi connectivity index (χ1v) is 13.6. The fraction of sp³-hybridized carbons (Fsp3) is 0.500. The summed E-state index contributed by atoms with van der Waals surface area (Å²) in [6.45, 7) is 0.934. The van der Waals surface area contributed by atoms with E-state index in [0.717, 1.165) is 10.6 Å². The molecule has 1 aromatic carbocycles. The van der Waals surface area contributed by atoms with Crippen molar-refractivity contribution in [1.82, 2.24) is 10.2 Å². The largest absolute Gasteiger partial charge is 0.467 e. The van der Waals surface area contributed by atoms with Crippen molar-refractivity contribution in [1.29, 1.82) is 0 Å². The van der Waals surface area contributed by atoms with Gasteiger partial charge in [0, 0.05) is 30.0 Å². The summed E-state index contributed by atoms with van der Waals surface area (Å²) in [7, 11) is 1.32. The van der Waals surface area contributed by atoms with Gasteiger partial charge < -0.3 is 15.0 Å². The molecule has 1 N–H and O–H groups in total. The van der Waals surface area contributed by atoms with Gasteiger partial charge in [-0.15, -0.1) is 11.8 Å². The van der Waals surface area contributed by atoms with E-state index >= 15 is 0 Å². The van der Waals surface area contributed by atoms with Crippen molar-refractivity contribution in [3.8, 4) is 0 Å². The summed E-state index contributed by atoms with van der Waals surface area (Å²) in [5.74, 6) is -0.239. The molecule has 1 saturated heterocycles. The Morgan fingerprint density at radius 3 is 2.50 bits per heavy atom. The SMILES string of the molecule is COC(=O)[C@H](CCSC)NC(=O)C1CCN(C(=O)/C=C/c2ccc(SC)c(Cl)c2Cl)CC1. The zero-order valence-electron chi connectivity index (χ0n) is 18.4. The molecule has 1 aliphatic heterocycles. The summed E-state index contributed by atoms with van der Waals surface area (Å²) < 4.78 is 4.80. The third-order valence-corrected chi connectivity index (χ3v) is 7.72. The highest BCUT2D eigenvalue weighted by atomic mass is 35.5. The molecule has 1 fully saturated rings. The van der Waals surface area contributed by atoms with Gasteiger partial charge in [-0.25, -0.2) is 4.79 Å². The number of esters is 1. The number of halogens is 2. The second kappa shape index (κ2) is 13.4. The Labute approximate surface area is 207 Å². The Kier molecular flexibility index (Phi) is 11.2. The number of carbonyl (C=O) groups excluding carboxylic acids is 3. The maximum absolute atomic E-state index is 12.6. The maximum Gasteiger partial charge on any atom is 0.328 e. The number of piperidine rings is 1. The van der Waals surface area contributed by atoms with Crippen molar-refractivity contribution in [2.75, 3.05) is 38.5 Å². The molecule has 2 rings (SSSR count). The van der Waals surface area contributed by atoms with Gasteiger partial charge in [-0.2, -0.15) is 11.8 Å². The molecule has 1 aliphatic rings. The first kappa shape index (κ1) is 26.9. The number of nitrogens with one attached hydrogen (secondary N) is 1. The summed E-state index contributed by atoms with van der Waals surface area (Å²) in [5.41, 5.74) is 0.677. The minimum Gasteiger partial charge on any atom is -0.467 e. The van der Waals surface area contributed by atoms with Crippen LogP contribution in [-0.4, -0.2) is 67.2 Å². The predicted molar refractivity (Wildman–Crippen MR) is 134 cm³/mol. The lowest BCUT2D eigenvalue weighted by Crippen LogP contribution is -2.47. The van der Waals surface area contributed by atoms with Crippen molar-refractivity contribution in [3.63, 3.8) is 0 Å². The lowest BCUT2D eigenvalue weighted by molar-refractivity contribution is -0.145. The number of nitrogens with zero attached hydrogens (tertiary/aromatic N) is 1. The number of hydrogen-bond donors (Lipinski definition) is 1. The van der Waals surface area contributed by atoms with E-state index in [1.165, 1.54) is 24.9 Å². The van der Waals surface area contributed by atoms with Crippen molar-refractivity contribution in [3.05, 3.63) is 33.8 Å². The number of thioether (sulfide) groups is 2. The normalized spacial score (nSPS) is 15.6. The van der Waals surface area contributed by atoms with E-state index in [1.807, 2.05) is 24.6 Å². The number of benzene rings is 1. The van der Waals surface area contributed by atoms with Crippen molar-refractivity contribution >= 4 is 70.6 Å². The van der Waals surface area contributed by atoms with Crippen LogP contribution in [0.2, 0.25) is 10.0 Å². The molecule has 2 amide bonds. The monoisotopic (exact) mass is 518 g/mol. The fourth-order valence-electron chi connectivity index (χ4n) is 3.38. The van der Waals surface area contributed by atoms with Crippen LogP contribution in [0.5, 0.6) is 0 Å². The number of ether oxygens (including phenoxy) is 1. The van der Waals surface area contributed by atoms with Crippen molar-refractivity contribution in [2.45, 2.75) is 30.2 Å². The highest BCUT2D eigenvalue weighted by molar-refractivity contribution is 7.98. The summed E-state index contributed by atoms with van der Waals surface area (Å²) in [6, 6.07) is 3.06. The van der Waals surface area contributed by atoms with Gasteiger partial charge in [0.15, 0.2) is 0 Å². The third kappa shape index (κ3) is 7.33. The third-order valence-electron chi connectivity index (χ3n) is 5.29. The highest BCUT2D eigenvalue weighted by Gasteiger charge is 2.29. The molecular weight excluding hydrogens is 491 g/mol. The summed E-state index contributed by atoms with van der Waals surface area (Å²) >= 11 is 15.7. The number of likely N-dealkylation sites (tertiary alicyclic amines) is 1. The molecule has 32 heavy (non-hydrogen) atoms. The van der Waals surface area contributed by atoms with Crippen LogP contribution in [0.25, 0.3) is 6.08 Å². The molecule has 0 bridgehead atoms. The molecule has 0 radical (unpaired) electrons. The van der Waals surface area contributed by atoms with Crippen LogP contribution in [0, 0.1) is 5.92 Å². The van der Waals surface area contributed by atoms with Crippen molar-refractivity contribution in [2.24, 2.45) is 5.92 Å². The number of rotatable bonds is 9. The zero-order chi connectivity index (χ0) is 23.7. The zero-order valence-corrected chi connectivity index (χ0v) is 21.5. The summed E-state index contributed by atoms with van der Waals surface area (Å²) in [4.78, 5) is 39.7. The Morgan fingerprint density at radius 2 is 1.91 bits per heavy atom. The van der Waals surface area contributed by atoms with Gasteiger partial charge in [0.2, 0.25) is 11.8 Å². The topological polar surface area (TPSA) is 75.7 Å². The van der Waals surface area contributed by atoms with E-state index < -0.39 is 12.0 Å². The number of hydrogen-bond acceptors (Lipinski definition) is 6. The van der Waals surface area contributed by atoms with Crippen LogP contribution in [0.15, 0.2) is 23.1 Å². The Morgan fingerprint density at radius 1 is 1.22 bits per heavy atom. The van der Waals surface area contributed by atoms with Crippen LogP contribution in [0.1, 0.15) is 24.8 Å². The van der Waals surface area contributed by atoms with Gasteiger partial charge in [-0.05, 0) is 55.2 Å². The maximum atomic E-state index is 12.6. The second-order valence-electron chi connectivity index (χ2n) is 7.28. The molecule has 0 unspecified atom stereocenters. The fourth-order valence-corrected chi connectivity index (χ4v) is 5.02. The van der Waals surface area contributed by atoms with Gasteiger partial charge >= 0.3 is 5.97 Å². The van der Waals surface area contributed by atoms with Gasteiger partial charge in [-0.3, -0.25) is 9.59 Å². The molecule has 0 aromatic heterocycles. The minimum atomic E-state index is -0.642. The quantitative estimate of drug-likeness (QED) is 0.297. The molecule has 10 heteroatoms. The molecular formula is C22H28Cl2N2O4S2. The Hall–Kier alpha value is -1.35. The van der Waals surface area contributed by atoms with Crippen LogP contribution in [-0.2, 0) is 19.1 Å². The van der Waals surface area contributed by atoms with Crippen LogP contribution in [0.3, 0.4) is 0 Å². The first-order chi connectivity index (χ1) is 15.3. The lowest BCUT2D eigenvalue weighted by Gasteiger charge is -2.31.